The second-order valence-corrected chi connectivity index (χ2v) is 4.90. The van der Waals surface area contributed by atoms with Crippen LogP contribution in [0.5, 0.6) is 0 Å². The molecule has 1 aliphatic rings. The zero-order chi connectivity index (χ0) is 14.0. The topological polar surface area (TPSA) is 74.2 Å². The van der Waals surface area contributed by atoms with Crippen molar-refractivity contribution in [1.29, 1.82) is 0 Å². The zero-order valence-corrected chi connectivity index (χ0v) is 12.0. The summed E-state index contributed by atoms with van der Waals surface area (Å²) in [6.45, 7) is 0.741. The summed E-state index contributed by atoms with van der Waals surface area (Å²) in [5.74, 6) is 0.910. The van der Waals surface area contributed by atoms with Crippen molar-refractivity contribution in [3.05, 3.63) is 5.28 Å². The maximum atomic E-state index is 11.8. The first kappa shape index (κ1) is 13.8. The minimum absolute atomic E-state index is 0.0274. The molecule has 1 fully saturated rings. The van der Waals surface area contributed by atoms with Crippen molar-refractivity contribution in [3.8, 4) is 0 Å². The van der Waals surface area contributed by atoms with Gasteiger partial charge in [0.1, 0.15) is 6.04 Å². The maximum absolute atomic E-state index is 11.8. The highest BCUT2D eigenvalue weighted by molar-refractivity contribution is 6.28. The molecule has 19 heavy (non-hydrogen) atoms. The molecule has 1 N–H and O–H groups in total. The fraction of sp³-hybridized carbons (Fsp3) is 0.636. The number of aromatic nitrogens is 3. The van der Waals surface area contributed by atoms with Gasteiger partial charge < -0.3 is 15.1 Å². The van der Waals surface area contributed by atoms with Gasteiger partial charge in [0.2, 0.25) is 23.1 Å². The van der Waals surface area contributed by atoms with Crippen molar-refractivity contribution in [2.45, 2.75) is 18.9 Å². The van der Waals surface area contributed by atoms with Gasteiger partial charge in [-0.3, -0.25) is 4.79 Å². The molecule has 0 bridgehead atoms. The molecule has 2 rings (SSSR count). The van der Waals surface area contributed by atoms with Crippen LogP contribution in [-0.2, 0) is 4.79 Å². The Morgan fingerprint density at radius 2 is 2.16 bits per heavy atom. The Morgan fingerprint density at radius 3 is 2.79 bits per heavy atom. The quantitative estimate of drug-likeness (QED) is 0.861. The lowest BCUT2D eigenvalue weighted by molar-refractivity contribution is -0.121. The normalized spacial score (nSPS) is 18.5. The summed E-state index contributed by atoms with van der Waals surface area (Å²) in [5.41, 5.74) is 0. The molecular formula is C11H17ClN6O. The van der Waals surface area contributed by atoms with E-state index >= 15 is 0 Å². The van der Waals surface area contributed by atoms with Crippen LogP contribution in [-0.4, -0.2) is 54.6 Å². The van der Waals surface area contributed by atoms with Gasteiger partial charge in [-0.05, 0) is 24.4 Å². The predicted octanol–water partition coefficient (Wildman–Crippen LogP) is 0.306. The van der Waals surface area contributed by atoms with Gasteiger partial charge in [0.25, 0.3) is 0 Å². The van der Waals surface area contributed by atoms with Crippen molar-refractivity contribution in [2.24, 2.45) is 0 Å². The van der Waals surface area contributed by atoms with Gasteiger partial charge in [0.15, 0.2) is 0 Å². The monoisotopic (exact) mass is 284 g/mol. The average molecular weight is 285 g/mol. The molecule has 1 unspecified atom stereocenters. The minimum atomic E-state index is -0.238. The van der Waals surface area contributed by atoms with E-state index in [0.717, 1.165) is 19.4 Å². The summed E-state index contributed by atoms with van der Waals surface area (Å²) in [4.78, 5) is 28.0. The first-order valence-electron chi connectivity index (χ1n) is 6.10. The lowest BCUT2D eigenvalue weighted by Gasteiger charge is -2.24. The summed E-state index contributed by atoms with van der Waals surface area (Å²) >= 11 is 5.92. The van der Waals surface area contributed by atoms with E-state index in [2.05, 4.69) is 20.3 Å². The first-order valence-corrected chi connectivity index (χ1v) is 6.48. The van der Waals surface area contributed by atoms with Crippen molar-refractivity contribution >= 4 is 29.4 Å². The molecule has 2 heterocycles. The molecule has 7 nitrogen and oxygen atoms in total. The molecule has 1 aliphatic heterocycles. The smallest absolute Gasteiger partial charge is 0.242 e. The number of rotatable bonds is 3. The van der Waals surface area contributed by atoms with Gasteiger partial charge >= 0.3 is 0 Å². The van der Waals surface area contributed by atoms with E-state index < -0.39 is 0 Å². The summed E-state index contributed by atoms with van der Waals surface area (Å²) in [5, 5.41) is 2.80. The summed E-state index contributed by atoms with van der Waals surface area (Å²) in [7, 11) is 5.29. The number of nitrogens with zero attached hydrogens (tertiary/aromatic N) is 5. The van der Waals surface area contributed by atoms with Crippen molar-refractivity contribution in [1.82, 2.24) is 20.3 Å². The van der Waals surface area contributed by atoms with Crippen LogP contribution in [0, 0.1) is 0 Å². The van der Waals surface area contributed by atoms with Crippen LogP contribution in [0.3, 0.4) is 0 Å². The number of carbonyl (C=O) groups excluding carboxylic acids is 1. The first-order chi connectivity index (χ1) is 9.02. The number of carbonyl (C=O) groups is 1. The Bertz CT molecular complexity index is 480. The highest BCUT2D eigenvalue weighted by Crippen LogP contribution is 2.24. The number of likely N-dealkylation sites (N-methyl/N-ethyl adjacent to an activating group) is 1. The minimum Gasteiger partial charge on any atom is -0.357 e. The van der Waals surface area contributed by atoms with E-state index in [4.69, 9.17) is 11.6 Å². The number of hydrogen-bond donors (Lipinski definition) is 1. The molecule has 0 aliphatic carbocycles. The van der Waals surface area contributed by atoms with Gasteiger partial charge in [-0.1, -0.05) is 0 Å². The molecule has 8 heteroatoms. The van der Waals surface area contributed by atoms with E-state index in [1.165, 1.54) is 0 Å². The second kappa shape index (κ2) is 5.56. The van der Waals surface area contributed by atoms with E-state index in [-0.39, 0.29) is 17.2 Å². The highest BCUT2D eigenvalue weighted by Gasteiger charge is 2.32. The van der Waals surface area contributed by atoms with E-state index in [1.54, 1.807) is 11.9 Å². The Hall–Kier alpha value is -1.63. The van der Waals surface area contributed by atoms with Crippen molar-refractivity contribution in [3.63, 3.8) is 0 Å². The molecule has 1 saturated heterocycles. The lowest BCUT2D eigenvalue weighted by atomic mass is 10.2. The summed E-state index contributed by atoms with van der Waals surface area (Å²) < 4.78 is 0. The molecule has 0 radical (unpaired) electrons. The number of amides is 1. The number of anilines is 2. The van der Waals surface area contributed by atoms with E-state index in [0.29, 0.717) is 11.9 Å². The van der Waals surface area contributed by atoms with Gasteiger partial charge in [-0.2, -0.15) is 15.0 Å². The zero-order valence-electron chi connectivity index (χ0n) is 11.2. The maximum Gasteiger partial charge on any atom is 0.242 e. The average Bonchev–Trinajstić information content (AvgIpc) is 2.86. The summed E-state index contributed by atoms with van der Waals surface area (Å²) in [6.07, 6.45) is 1.72. The third-order valence-electron chi connectivity index (χ3n) is 3.04. The molecule has 0 saturated carbocycles. The molecule has 0 spiro atoms. The highest BCUT2D eigenvalue weighted by atomic mass is 35.5. The molecule has 1 aromatic heterocycles. The fourth-order valence-corrected chi connectivity index (χ4v) is 2.25. The second-order valence-electron chi connectivity index (χ2n) is 4.56. The molecular weight excluding hydrogens is 268 g/mol. The fourth-order valence-electron chi connectivity index (χ4n) is 2.10. The van der Waals surface area contributed by atoms with Crippen LogP contribution in [0.2, 0.25) is 5.28 Å². The number of hydrogen-bond acceptors (Lipinski definition) is 6. The largest absolute Gasteiger partial charge is 0.357 e. The SMILES string of the molecule is CNC(=O)C1CCCN1c1nc(Cl)nc(N(C)C)n1. The molecule has 1 atom stereocenters. The number of halogens is 1. The van der Waals surface area contributed by atoms with Gasteiger partial charge in [-0.25, -0.2) is 0 Å². The van der Waals surface area contributed by atoms with Gasteiger partial charge in [0, 0.05) is 27.7 Å². The van der Waals surface area contributed by atoms with Crippen LogP contribution in [0.15, 0.2) is 0 Å². The third kappa shape index (κ3) is 2.86. The van der Waals surface area contributed by atoms with Crippen LogP contribution < -0.4 is 15.1 Å². The van der Waals surface area contributed by atoms with Crippen LogP contribution >= 0.6 is 11.6 Å². The predicted molar refractivity (Wildman–Crippen MR) is 73.6 cm³/mol. The summed E-state index contributed by atoms with van der Waals surface area (Å²) in [6, 6.07) is -0.238. The van der Waals surface area contributed by atoms with Gasteiger partial charge in [0.05, 0.1) is 0 Å². The Morgan fingerprint density at radius 1 is 1.42 bits per heavy atom. The Labute approximate surface area is 117 Å². The standard InChI is InChI=1S/C11H17ClN6O/c1-13-8(19)7-5-4-6-18(7)11-15-9(12)14-10(16-11)17(2)3/h7H,4-6H2,1-3H3,(H,13,19). The van der Waals surface area contributed by atoms with Crippen molar-refractivity contribution in [2.75, 3.05) is 37.5 Å². The van der Waals surface area contributed by atoms with E-state index in [9.17, 15) is 4.79 Å². The van der Waals surface area contributed by atoms with Crippen molar-refractivity contribution < 1.29 is 4.79 Å². The van der Waals surface area contributed by atoms with Crippen LogP contribution in [0.1, 0.15) is 12.8 Å². The molecule has 1 amide bonds. The Kier molecular flexibility index (Phi) is 4.04. The van der Waals surface area contributed by atoms with Crippen LogP contribution in [0.25, 0.3) is 0 Å². The lowest BCUT2D eigenvalue weighted by Crippen LogP contribution is -2.42. The third-order valence-corrected chi connectivity index (χ3v) is 3.21. The van der Waals surface area contributed by atoms with E-state index in [1.807, 2.05) is 19.0 Å². The van der Waals surface area contributed by atoms with Gasteiger partial charge in [-0.15, -0.1) is 0 Å². The van der Waals surface area contributed by atoms with Crippen LogP contribution in [0.4, 0.5) is 11.9 Å². The molecule has 104 valence electrons. The molecule has 1 aromatic rings. The Balaban J connectivity index is 2.32. The number of nitrogens with one attached hydrogen (secondary N) is 1. The molecule has 0 aromatic carbocycles.